The summed E-state index contributed by atoms with van der Waals surface area (Å²) in [6, 6.07) is 0. The first kappa shape index (κ1) is 14.7. The number of hydrogen-bond acceptors (Lipinski definition) is 5. The quantitative estimate of drug-likeness (QED) is 0.636. The Labute approximate surface area is 119 Å². The van der Waals surface area contributed by atoms with Crippen LogP contribution in [0.25, 0.3) is 0 Å². The fraction of sp³-hybridized carbons (Fsp3) is 0.643. The molecule has 6 nitrogen and oxygen atoms in total. The fourth-order valence-corrected chi connectivity index (χ4v) is 2.68. The average Bonchev–Trinajstić information content (AvgIpc) is 2.45. The normalized spacial score (nSPS) is 19.1. The van der Waals surface area contributed by atoms with E-state index in [2.05, 4.69) is 22.0 Å². The van der Waals surface area contributed by atoms with Crippen LogP contribution in [-0.4, -0.2) is 41.8 Å². The number of rotatable bonds is 4. The van der Waals surface area contributed by atoms with Gasteiger partial charge in [-0.2, -0.15) is 5.10 Å². The highest BCUT2D eigenvalue weighted by molar-refractivity contribution is 6.01. The van der Waals surface area contributed by atoms with E-state index in [9.17, 15) is 0 Å². The SMILES string of the molecule is CCc1nnc(N2CCOC(C)C2)c(C(=N)N)c1CC. The molecule has 0 bridgehead atoms. The lowest BCUT2D eigenvalue weighted by Crippen LogP contribution is -2.43. The molecule has 1 atom stereocenters. The number of anilines is 1. The second kappa shape index (κ2) is 6.17. The van der Waals surface area contributed by atoms with E-state index in [0.717, 1.165) is 48.6 Å². The van der Waals surface area contributed by atoms with Gasteiger partial charge in [0.05, 0.1) is 24.0 Å². The van der Waals surface area contributed by atoms with Crippen LogP contribution < -0.4 is 10.6 Å². The number of morpholine rings is 1. The van der Waals surface area contributed by atoms with Gasteiger partial charge >= 0.3 is 0 Å². The van der Waals surface area contributed by atoms with E-state index in [1.54, 1.807) is 0 Å². The number of aryl methyl sites for hydroxylation is 1. The molecule has 2 heterocycles. The molecule has 0 spiro atoms. The number of nitrogens with one attached hydrogen (secondary N) is 1. The molecular formula is C14H23N5O. The lowest BCUT2D eigenvalue weighted by Gasteiger charge is -2.33. The second-order valence-electron chi connectivity index (χ2n) is 5.07. The molecule has 0 aliphatic carbocycles. The molecule has 6 heteroatoms. The third kappa shape index (κ3) is 2.75. The van der Waals surface area contributed by atoms with Crippen molar-refractivity contribution >= 4 is 11.7 Å². The van der Waals surface area contributed by atoms with E-state index in [0.29, 0.717) is 6.61 Å². The molecule has 1 aromatic heterocycles. The van der Waals surface area contributed by atoms with E-state index in [1.807, 2.05) is 13.8 Å². The van der Waals surface area contributed by atoms with Crippen molar-refractivity contribution in [1.29, 1.82) is 5.41 Å². The first-order valence-corrected chi connectivity index (χ1v) is 7.17. The number of ether oxygens (including phenoxy) is 1. The van der Waals surface area contributed by atoms with E-state index in [4.69, 9.17) is 15.9 Å². The van der Waals surface area contributed by atoms with Crippen molar-refractivity contribution in [2.24, 2.45) is 5.73 Å². The molecule has 2 rings (SSSR count). The van der Waals surface area contributed by atoms with Crippen molar-refractivity contribution < 1.29 is 4.74 Å². The van der Waals surface area contributed by atoms with Gasteiger partial charge in [-0.05, 0) is 25.3 Å². The first-order valence-electron chi connectivity index (χ1n) is 7.17. The van der Waals surface area contributed by atoms with Crippen LogP contribution in [0.5, 0.6) is 0 Å². The maximum atomic E-state index is 7.91. The van der Waals surface area contributed by atoms with Crippen molar-refractivity contribution in [3.8, 4) is 0 Å². The summed E-state index contributed by atoms with van der Waals surface area (Å²) in [5.41, 5.74) is 8.54. The molecule has 0 saturated carbocycles. The lowest BCUT2D eigenvalue weighted by atomic mass is 10.0. The zero-order chi connectivity index (χ0) is 14.7. The molecular weight excluding hydrogens is 254 g/mol. The van der Waals surface area contributed by atoms with Crippen LogP contribution in [0.3, 0.4) is 0 Å². The fourth-order valence-electron chi connectivity index (χ4n) is 2.68. The minimum Gasteiger partial charge on any atom is -0.384 e. The highest BCUT2D eigenvalue weighted by atomic mass is 16.5. The minimum absolute atomic E-state index is 0.0700. The van der Waals surface area contributed by atoms with Gasteiger partial charge < -0.3 is 15.4 Å². The van der Waals surface area contributed by atoms with Gasteiger partial charge in [0.2, 0.25) is 0 Å². The van der Waals surface area contributed by atoms with Crippen LogP contribution >= 0.6 is 0 Å². The van der Waals surface area contributed by atoms with Gasteiger partial charge in [0.25, 0.3) is 0 Å². The Hall–Kier alpha value is -1.69. The molecule has 1 aromatic rings. The van der Waals surface area contributed by atoms with Crippen molar-refractivity contribution in [1.82, 2.24) is 10.2 Å². The molecule has 0 aromatic carbocycles. The van der Waals surface area contributed by atoms with E-state index in [1.165, 1.54) is 0 Å². The summed E-state index contributed by atoms with van der Waals surface area (Å²) in [5, 5.41) is 16.6. The Balaban J connectivity index is 2.49. The maximum Gasteiger partial charge on any atom is 0.162 e. The van der Waals surface area contributed by atoms with Crippen molar-refractivity contribution in [3.63, 3.8) is 0 Å². The Bertz CT molecular complexity index is 503. The Morgan fingerprint density at radius 3 is 2.70 bits per heavy atom. The van der Waals surface area contributed by atoms with Crippen LogP contribution in [0, 0.1) is 5.41 Å². The molecule has 110 valence electrons. The summed E-state index contributed by atoms with van der Waals surface area (Å²) >= 11 is 0. The molecule has 1 saturated heterocycles. The number of nitrogen functional groups attached to an aromatic ring is 1. The first-order chi connectivity index (χ1) is 9.58. The molecule has 1 aliphatic rings. The zero-order valence-corrected chi connectivity index (χ0v) is 12.4. The standard InChI is InChI=1S/C14H23N5O/c1-4-10-11(5-2)17-18-14(12(10)13(15)16)19-6-7-20-9(3)8-19/h9H,4-8H2,1-3H3,(H3,15,16). The van der Waals surface area contributed by atoms with E-state index in [-0.39, 0.29) is 11.9 Å². The smallest absolute Gasteiger partial charge is 0.162 e. The molecule has 20 heavy (non-hydrogen) atoms. The summed E-state index contributed by atoms with van der Waals surface area (Å²) in [5.74, 6) is 0.794. The van der Waals surface area contributed by atoms with Crippen LogP contribution in [0.15, 0.2) is 0 Å². The molecule has 3 N–H and O–H groups in total. The Morgan fingerprint density at radius 2 is 2.15 bits per heavy atom. The van der Waals surface area contributed by atoms with Gasteiger partial charge in [-0.25, -0.2) is 0 Å². The van der Waals surface area contributed by atoms with E-state index >= 15 is 0 Å². The molecule has 0 radical (unpaired) electrons. The highest BCUT2D eigenvalue weighted by Crippen LogP contribution is 2.25. The number of nitrogens with zero attached hydrogens (tertiary/aromatic N) is 3. The molecule has 1 unspecified atom stereocenters. The predicted molar refractivity (Wildman–Crippen MR) is 79.4 cm³/mol. The van der Waals surface area contributed by atoms with Crippen molar-refractivity contribution in [2.45, 2.75) is 39.7 Å². The summed E-state index contributed by atoms with van der Waals surface area (Å²) in [6.45, 7) is 8.32. The van der Waals surface area contributed by atoms with Crippen molar-refractivity contribution in [2.75, 3.05) is 24.6 Å². The summed E-state index contributed by atoms with van der Waals surface area (Å²) in [7, 11) is 0. The summed E-state index contributed by atoms with van der Waals surface area (Å²) < 4.78 is 5.56. The van der Waals surface area contributed by atoms with Gasteiger partial charge in [0, 0.05) is 13.1 Å². The van der Waals surface area contributed by atoms with Gasteiger partial charge in [-0.15, -0.1) is 5.10 Å². The third-order valence-corrected chi connectivity index (χ3v) is 3.64. The largest absolute Gasteiger partial charge is 0.384 e. The van der Waals surface area contributed by atoms with E-state index < -0.39 is 0 Å². The lowest BCUT2D eigenvalue weighted by molar-refractivity contribution is 0.0528. The van der Waals surface area contributed by atoms with Crippen LogP contribution in [0.2, 0.25) is 0 Å². The highest BCUT2D eigenvalue weighted by Gasteiger charge is 2.24. The number of nitrogens with two attached hydrogens (primary N) is 1. The topological polar surface area (TPSA) is 88.1 Å². The van der Waals surface area contributed by atoms with Gasteiger partial charge in [-0.1, -0.05) is 13.8 Å². The van der Waals surface area contributed by atoms with Crippen LogP contribution in [-0.2, 0) is 17.6 Å². The minimum atomic E-state index is 0.0700. The van der Waals surface area contributed by atoms with Gasteiger partial charge in [0.15, 0.2) is 5.82 Å². The molecule has 1 aliphatic heterocycles. The second-order valence-corrected chi connectivity index (χ2v) is 5.07. The summed E-state index contributed by atoms with van der Waals surface area (Å²) in [6.07, 6.45) is 1.76. The Morgan fingerprint density at radius 1 is 1.40 bits per heavy atom. The predicted octanol–water partition coefficient (Wildman–Crippen LogP) is 1.11. The number of aromatic nitrogens is 2. The van der Waals surface area contributed by atoms with Crippen LogP contribution in [0.1, 0.15) is 37.6 Å². The maximum absolute atomic E-state index is 7.91. The average molecular weight is 277 g/mol. The van der Waals surface area contributed by atoms with Gasteiger partial charge in [-0.3, -0.25) is 5.41 Å². The monoisotopic (exact) mass is 277 g/mol. The Kier molecular flexibility index (Phi) is 4.54. The number of hydrogen-bond donors (Lipinski definition) is 2. The zero-order valence-electron chi connectivity index (χ0n) is 12.4. The molecule has 0 amide bonds. The number of amidine groups is 1. The third-order valence-electron chi connectivity index (χ3n) is 3.64. The van der Waals surface area contributed by atoms with Crippen LogP contribution in [0.4, 0.5) is 5.82 Å². The summed E-state index contributed by atoms with van der Waals surface area (Å²) in [4.78, 5) is 2.12. The van der Waals surface area contributed by atoms with Gasteiger partial charge in [0.1, 0.15) is 5.84 Å². The molecule has 1 fully saturated rings. The van der Waals surface area contributed by atoms with Crippen molar-refractivity contribution in [3.05, 3.63) is 16.8 Å².